The molecule has 2 N–H and O–H groups in total. The highest BCUT2D eigenvalue weighted by atomic mass is 16.5. The summed E-state index contributed by atoms with van der Waals surface area (Å²) in [5.74, 6) is 1.72. The molecule has 0 radical (unpaired) electrons. The second kappa shape index (κ2) is 9.20. The first-order valence-corrected chi connectivity index (χ1v) is 10.8. The van der Waals surface area contributed by atoms with E-state index in [0.29, 0.717) is 17.5 Å². The Bertz CT molecular complexity index is 631. The summed E-state index contributed by atoms with van der Waals surface area (Å²) in [7, 11) is 0. The molecule has 1 aromatic heterocycles. The molecule has 28 heavy (non-hydrogen) atoms. The summed E-state index contributed by atoms with van der Waals surface area (Å²) in [6, 6.07) is 4.52. The summed E-state index contributed by atoms with van der Waals surface area (Å²) in [5, 5.41) is 0. The molecular formula is C21H33N5O2. The number of rotatable bonds is 4. The first-order valence-electron chi connectivity index (χ1n) is 10.8. The zero-order chi connectivity index (χ0) is 19.3. The molecule has 0 aromatic carbocycles. The number of anilines is 1. The van der Waals surface area contributed by atoms with Crippen molar-refractivity contribution in [2.45, 2.75) is 31.7 Å². The maximum atomic E-state index is 12.9. The van der Waals surface area contributed by atoms with Crippen LogP contribution in [0.15, 0.2) is 18.3 Å². The quantitative estimate of drug-likeness (QED) is 0.837. The SMILES string of the molecule is NCC1CCN(c2ccc(C(=O)N3CCC(N4CCOCC4)CC3)cn2)CC1. The number of carbonyl (C=O) groups is 1. The number of nitrogens with zero attached hydrogens (tertiary/aromatic N) is 4. The maximum Gasteiger partial charge on any atom is 0.255 e. The highest BCUT2D eigenvalue weighted by Gasteiger charge is 2.28. The van der Waals surface area contributed by atoms with Crippen LogP contribution in [0.4, 0.5) is 5.82 Å². The van der Waals surface area contributed by atoms with E-state index in [4.69, 9.17) is 10.5 Å². The van der Waals surface area contributed by atoms with E-state index in [2.05, 4.69) is 14.8 Å². The van der Waals surface area contributed by atoms with E-state index < -0.39 is 0 Å². The Labute approximate surface area is 167 Å². The Kier molecular flexibility index (Phi) is 6.44. The topological polar surface area (TPSA) is 74.9 Å². The standard InChI is InChI=1S/C21H33N5O2/c22-15-17-3-7-25(8-4-17)20-2-1-18(16-23-20)21(27)26-9-5-19(6-10-26)24-11-13-28-14-12-24/h1-2,16-17,19H,3-15,22H2. The molecule has 7 nitrogen and oxygen atoms in total. The summed E-state index contributed by atoms with van der Waals surface area (Å²) >= 11 is 0. The van der Waals surface area contributed by atoms with Gasteiger partial charge in [-0.15, -0.1) is 0 Å². The predicted octanol–water partition coefficient (Wildman–Crippen LogP) is 1.19. The van der Waals surface area contributed by atoms with Crippen molar-refractivity contribution in [1.29, 1.82) is 0 Å². The molecule has 1 aromatic rings. The molecule has 4 heterocycles. The number of likely N-dealkylation sites (tertiary alicyclic amines) is 1. The first-order chi connectivity index (χ1) is 13.7. The van der Waals surface area contributed by atoms with Crippen LogP contribution in [0.2, 0.25) is 0 Å². The van der Waals surface area contributed by atoms with E-state index in [1.165, 1.54) is 0 Å². The number of hydrogen-bond acceptors (Lipinski definition) is 6. The molecular weight excluding hydrogens is 354 g/mol. The van der Waals surface area contributed by atoms with Gasteiger partial charge in [-0.05, 0) is 50.3 Å². The van der Waals surface area contributed by atoms with Crippen molar-refractivity contribution in [2.24, 2.45) is 11.7 Å². The number of amides is 1. The Balaban J connectivity index is 1.29. The van der Waals surface area contributed by atoms with E-state index in [-0.39, 0.29) is 5.91 Å². The molecule has 3 aliphatic rings. The Morgan fingerprint density at radius 1 is 1.04 bits per heavy atom. The number of hydrogen-bond donors (Lipinski definition) is 1. The summed E-state index contributed by atoms with van der Waals surface area (Å²) in [6.07, 6.45) is 6.09. The van der Waals surface area contributed by atoms with Crippen LogP contribution in [-0.4, -0.2) is 85.8 Å². The van der Waals surface area contributed by atoms with Crippen molar-refractivity contribution in [3.8, 4) is 0 Å². The molecule has 0 bridgehead atoms. The van der Waals surface area contributed by atoms with Crippen molar-refractivity contribution in [3.05, 3.63) is 23.9 Å². The van der Waals surface area contributed by atoms with Crippen molar-refractivity contribution >= 4 is 11.7 Å². The van der Waals surface area contributed by atoms with Crippen molar-refractivity contribution in [1.82, 2.24) is 14.8 Å². The second-order valence-electron chi connectivity index (χ2n) is 8.24. The van der Waals surface area contributed by atoms with Gasteiger partial charge in [-0.25, -0.2) is 4.98 Å². The Hall–Kier alpha value is -1.70. The molecule has 0 spiro atoms. The van der Waals surface area contributed by atoms with E-state index in [0.717, 1.165) is 90.5 Å². The molecule has 1 amide bonds. The van der Waals surface area contributed by atoms with Crippen LogP contribution in [0.1, 0.15) is 36.0 Å². The van der Waals surface area contributed by atoms with Crippen LogP contribution in [0.3, 0.4) is 0 Å². The summed E-state index contributed by atoms with van der Waals surface area (Å²) < 4.78 is 5.45. The smallest absolute Gasteiger partial charge is 0.255 e. The van der Waals surface area contributed by atoms with Gasteiger partial charge in [0.2, 0.25) is 0 Å². The third kappa shape index (κ3) is 4.47. The van der Waals surface area contributed by atoms with Crippen molar-refractivity contribution in [2.75, 3.05) is 63.9 Å². The van der Waals surface area contributed by atoms with Gasteiger partial charge in [-0.1, -0.05) is 0 Å². The summed E-state index contributed by atoms with van der Waals surface area (Å²) in [5.41, 5.74) is 6.48. The van der Waals surface area contributed by atoms with Crippen LogP contribution < -0.4 is 10.6 Å². The van der Waals surface area contributed by atoms with Crippen LogP contribution in [0.5, 0.6) is 0 Å². The molecule has 7 heteroatoms. The lowest BCUT2D eigenvalue weighted by Gasteiger charge is -2.40. The molecule has 0 aliphatic carbocycles. The third-order valence-electron chi connectivity index (χ3n) is 6.58. The van der Waals surface area contributed by atoms with Crippen molar-refractivity contribution < 1.29 is 9.53 Å². The first kappa shape index (κ1) is 19.6. The average Bonchev–Trinajstić information content (AvgIpc) is 2.79. The highest BCUT2D eigenvalue weighted by molar-refractivity contribution is 5.94. The zero-order valence-corrected chi connectivity index (χ0v) is 16.8. The lowest BCUT2D eigenvalue weighted by atomic mass is 9.97. The molecule has 154 valence electrons. The fraction of sp³-hybridized carbons (Fsp3) is 0.714. The number of piperidine rings is 2. The monoisotopic (exact) mass is 387 g/mol. The Morgan fingerprint density at radius 2 is 1.75 bits per heavy atom. The number of morpholine rings is 1. The van der Waals surface area contributed by atoms with Crippen LogP contribution in [0, 0.1) is 5.92 Å². The number of aromatic nitrogens is 1. The van der Waals surface area contributed by atoms with E-state index >= 15 is 0 Å². The molecule has 0 saturated carbocycles. The minimum atomic E-state index is 0.112. The van der Waals surface area contributed by atoms with E-state index in [9.17, 15) is 4.79 Å². The van der Waals surface area contributed by atoms with Crippen LogP contribution in [-0.2, 0) is 4.74 Å². The highest BCUT2D eigenvalue weighted by Crippen LogP contribution is 2.23. The maximum absolute atomic E-state index is 12.9. The van der Waals surface area contributed by atoms with E-state index in [1.54, 1.807) is 6.20 Å². The molecule has 3 aliphatic heterocycles. The number of ether oxygens (including phenoxy) is 1. The van der Waals surface area contributed by atoms with Gasteiger partial charge in [0.25, 0.3) is 5.91 Å². The number of nitrogens with two attached hydrogens (primary N) is 1. The van der Waals surface area contributed by atoms with Gasteiger partial charge in [-0.2, -0.15) is 0 Å². The fourth-order valence-corrected chi connectivity index (χ4v) is 4.66. The van der Waals surface area contributed by atoms with Gasteiger partial charge in [0.1, 0.15) is 5.82 Å². The van der Waals surface area contributed by atoms with Gasteiger partial charge < -0.3 is 20.3 Å². The van der Waals surface area contributed by atoms with Gasteiger partial charge >= 0.3 is 0 Å². The number of pyridine rings is 1. The molecule has 0 atom stereocenters. The van der Waals surface area contributed by atoms with Gasteiger partial charge in [0.05, 0.1) is 18.8 Å². The van der Waals surface area contributed by atoms with E-state index in [1.807, 2.05) is 17.0 Å². The minimum absolute atomic E-state index is 0.112. The molecule has 4 rings (SSSR count). The second-order valence-corrected chi connectivity index (χ2v) is 8.24. The largest absolute Gasteiger partial charge is 0.379 e. The molecule has 3 saturated heterocycles. The Morgan fingerprint density at radius 3 is 2.36 bits per heavy atom. The fourth-order valence-electron chi connectivity index (χ4n) is 4.66. The van der Waals surface area contributed by atoms with Crippen LogP contribution in [0.25, 0.3) is 0 Å². The van der Waals surface area contributed by atoms with Gasteiger partial charge in [0.15, 0.2) is 0 Å². The lowest BCUT2D eigenvalue weighted by Crippen LogP contribution is -2.50. The predicted molar refractivity (Wildman–Crippen MR) is 110 cm³/mol. The molecule has 0 unspecified atom stereocenters. The van der Waals surface area contributed by atoms with Crippen LogP contribution >= 0.6 is 0 Å². The lowest BCUT2D eigenvalue weighted by molar-refractivity contribution is 0.00158. The normalized spacial score (nSPS) is 23.2. The average molecular weight is 388 g/mol. The van der Waals surface area contributed by atoms with Gasteiger partial charge in [0, 0.05) is 51.5 Å². The van der Waals surface area contributed by atoms with Gasteiger partial charge in [-0.3, -0.25) is 9.69 Å². The minimum Gasteiger partial charge on any atom is -0.379 e. The number of carbonyl (C=O) groups excluding carboxylic acids is 1. The third-order valence-corrected chi connectivity index (χ3v) is 6.58. The summed E-state index contributed by atoms with van der Waals surface area (Å²) in [6.45, 7) is 8.14. The summed E-state index contributed by atoms with van der Waals surface area (Å²) in [4.78, 5) is 24.3. The van der Waals surface area contributed by atoms with Crippen molar-refractivity contribution in [3.63, 3.8) is 0 Å². The molecule has 3 fully saturated rings. The zero-order valence-electron chi connectivity index (χ0n) is 16.8.